The average molecular weight is 289 g/mol. The zero-order valence-electron chi connectivity index (χ0n) is 13.1. The Bertz CT molecular complexity index is 419. The molecule has 5 nitrogen and oxygen atoms in total. The van der Waals surface area contributed by atoms with Crippen molar-refractivity contribution >= 4 is 5.82 Å². The van der Waals surface area contributed by atoms with Crippen molar-refractivity contribution in [2.24, 2.45) is 5.92 Å². The van der Waals surface area contributed by atoms with Crippen LogP contribution in [0.2, 0.25) is 0 Å². The fourth-order valence-electron chi connectivity index (χ4n) is 3.46. The normalized spacial score (nSPS) is 21.1. The lowest BCUT2D eigenvalue weighted by Crippen LogP contribution is -2.38. The van der Waals surface area contributed by atoms with Crippen LogP contribution in [0.4, 0.5) is 5.82 Å². The number of nitrogens with zero attached hydrogens (tertiary/aromatic N) is 4. The first-order valence-electron chi connectivity index (χ1n) is 8.28. The van der Waals surface area contributed by atoms with E-state index >= 15 is 0 Å². The van der Waals surface area contributed by atoms with Crippen LogP contribution in [-0.2, 0) is 6.54 Å². The summed E-state index contributed by atoms with van der Waals surface area (Å²) in [6.45, 7) is 6.97. The summed E-state index contributed by atoms with van der Waals surface area (Å²) >= 11 is 0. The third-order valence-corrected chi connectivity index (χ3v) is 4.70. The lowest BCUT2D eigenvalue weighted by Gasteiger charge is -2.34. The molecule has 0 aromatic carbocycles. The molecule has 3 rings (SSSR count). The number of hydrogen-bond donors (Lipinski definition) is 1. The van der Waals surface area contributed by atoms with E-state index < -0.39 is 0 Å². The molecule has 5 heteroatoms. The van der Waals surface area contributed by atoms with Crippen LogP contribution in [0.3, 0.4) is 0 Å². The van der Waals surface area contributed by atoms with Gasteiger partial charge in [0.05, 0.1) is 18.1 Å². The lowest BCUT2D eigenvalue weighted by molar-refractivity contribution is 0.249. The average Bonchev–Trinajstić information content (AvgIpc) is 3.02. The fourth-order valence-corrected chi connectivity index (χ4v) is 3.46. The second-order valence-electron chi connectivity index (χ2n) is 6.33. The number of nitrogens with one attached hydrogen (secondary N) is 1. The SMILES string of the molecule is CNCc1cnc(N2CCC(CN3CCCC3)CC2)cn1. The number of anilines is 1. The van der Waals surface area contributed by atoms with E-state index in [0.717, 1.165) is 37.1 Å². The zero-order valence-corrected chi connectivity index (χ0v) is 13.1. The molecule has 0 spiro atoms. The standard InChI is InChI=1S/C16H27N5/c1-17-10-15-11-19-16(12-18-15)21-8-4-14(5-9-21)13-20-6-2-3-7-20/h11-12,14,17H,2-10,13H2,1H3. The summed E-state index contributed by atoms with van der Waals surface area (Å²) < 4.78 is 0. The van der Waals surface area contributed by atoms with E-state index in [2.05, 4.69) is 25.1 Å². The Morgan fingerprint density at radius 1 is 1.10 bits per heavy atom. The summed E-state index contributed by atoms with van der Waals surface area (Å²) in [5, 5.41) is 3.10. The predicted octanol–water partition coefficient (Wildman–Crippen LogP) is 1.51. The molecule has 0 atom stereocenters. The highest BCUT2D eigenvalue weighted by atomic mass is 15.2. The van der Waals surface area contributed by atoms with Gasteiger partial charge in [-0.05, 0) is 51.7 Å². The Balaban J connectivity index is 1.48. The van der Waals surface area contributed by atoms with Gasteiger partial charge >= 0.3 is 0 Å². The summed E-state index contributed by atoms with van der Waals surface area (Å²) in [5.41, 5.74) is 1.00. The monoisotopic (exact) mass is 289 g/mol. The second-order valence-corrected chi connectivity index (χ2v) is 6.33. The Hall–Kier alpha value is -1.20. The Kier molecular flexibility index (Phi) is 5.04. The largest absolute Gasteiger partial charge is 0.355 e. The molecule has 21 heavy (non-hydrogen) atoms. The highest BCUT2D eigenvalue weighted by molar-refractivity contribution is 5.36. The van der Waals surface area contributed by atoms with Gasteiger partial charge in [-0.1, -0.05) is 0 Å². The third kappa shape index (κ3) is 3.92. The summed E-state index contributed by atoms with van der Waals surface area (Å²) in [7, 11) is 1.93. The van der Waals surface area contributed by atoms with Crippen molar-refractivity contribution in [2.75, 3.05) is 44.7 Å². The maximum absolute atomic E-state index is 4.56. The number of likely N-dealkylation sites (tertiary alicyclic amines) is 1. The molecule has 0 radical (unpaired) electrons. The zero-order chi connectivity index (χ0) is 14.5. The van der Waals surface area contributed by atoms with Crippen LogP contribution in [0.15, 0.2) is 12.4 Å². The third-order valence-electron chi connectivity index (χ3n) is 4.70. The molecule has 1 N–H and O–H groups in total. The van der Waals surface area contributed by atoms with Gasteiger partial charge in [-0.3, -0.25) is 4.98 Å². The van der Waals surface area contributed by atoms with Gasteiger partial charge in [-0.2, -0.15) is 0 Å². The minimum atomic E-state index is 0.783. The molecule has 0 saturated carbocycles. The van der Waals surface area contributed by atoms with E-state index in [1.165, 1.54) is 45.3 Å². The molecule has 2 saturated heterocycles. The molecule has 3 heterocycles. The van der Waals surface area contributed by atoms with Crippen molar-refractivity contribution in [3.05, 3.63) is 18.1 Å². The topological polar surface area (TPSA) is 44.3 Å². The molecule has 1 aromatic rings. The van der Waals surface area contributed by atoms with E-state index in [4.69, 9.17) is 0 Å². The number of aromatic nitrogens is 2. The van der Waals surface area contributed by atoms with Gasteiger partial charge in [-0.25, -0.2) is 4.98 Å². The number of piperidine rings is 1. The fraction of sp³-hybridized carbons (Fsp3) is 0.750. The van der Waals surface area contributed by atoms with E-state index in [1.807, 2.05) is 19.4 Å². The molecule has 1 aromatic heterocycles. The van der Waals surface area contributed by atoms with Crippen molar-refractivity contribution in [1.29, 1.82) is 0 Å². The molecule has 116 valence electrons. The van der Waals surface area contributed by atoms with E-state index in [1.54, 1.807) is 0 Å². The van der Waals surface area contributed by atoms with Gasteiger partial charge in [0, 0.05) is 26.2 Å². The molecular formula is C16H27N5. The summed E-state index contributed by atoms with van der Waals surface area (Å²) in [5.74, 6) is 1.91. The van der Waals surface area contributed by atoms with Crippen molar-refractivity contribution in [2.45, 2.75) is 32.2 Å². The van der Waals surface area contributed by atoms with Crippen LogP contribution >= 0.6 is 0 Å². The van der Waals surface area contributed by atoms with E-state index in [0.29, 0.717) is 0 Å². The Morgan fingerprint density at radius 2 is 1.86 bits per heavy atom. The molecule has 0 unspecified atom stereocenters. The second kappa shape index (κ2) is 7.18. The Labute approximate surface area is 127 Å². The van der Waals surface area contributed by atoms with Gasteiger partial charge < -0.3 is 15.1 Å². The summed E-state index contributed by atoms with van der Waals surface area (Å²) in [4.78, 5) is 14.1. The van der Waals surface area contributed by atoms with Crippen molar-refractivity contribution in [3.8, 4) is 0 Å². The van der Waals surface area contributed by atoms with Gasteiger partial charge in [0.1, 0.15) is 5.82 Å². The van der Waals surface area contributed by atoms with E-state index in [-0.39, 0.29) is 0 Å². The lowest BCUT2D eigenvalue weighted by atomic mass is 9.96. The quantitative estimate of drug-likeness (QED) is 0.890. The minimum Gasteiger partial charge on any atom is -0.355 e. The summed E-state index contributed by atoms with van der Waals surface area (Å²) in [6, 6.07) is 0. The molecular weight excluding hydrogens is 262 g/mol. The number of rotatable bonds is 5. The first kappa shape index (κ1) is 14.7. The molecule has 0 amide bonds. The van der Waals surface area contributed by atoms with Crippen LogP contribution < -0.4 is 10.2 Å². The molecule has 0 bridgehead atoms. The Morgan fingerprint density at radius 3 is 2.48 bits per heavy atom. The van der Waals surface area contributed by atoms with Crippen LogP contribution in [0, 0.1) is 5.92 Å². The van der Waals surface area contributed by atoms with Crippen LogP contribution in [0.5, 0.6) is 0 Å². The van der Waals surface area contributed by atoms with Gasteiger partial charge in [0.25, 0.3) is 0 Å². The first-order chi connectivity index (χ1) is 10.3. The van der Waals surface area contributed by atoms with Crippen LogP contribution in [-0.4, -0.2) is 54.6 Å². The molecule has 2 fully saturated rings. The van der Waals surface area contributed by atoms with Gasteiger partial charge in [0.15, 0.2) is 0 Å². The molecule has 2 aliphatic heterocycles. The highest BCUT2D eigenvalue weighted by Gasteiger charge is 2.23. The maximum atomic E-state index is 4.56. The minimum absolute atomic E-state index is 0.783. The van der Waals surface area contributed by atoms with Gasteiger partial charge in [0.2, 0.25) is 0 Å². The summed E-state index contributed by atoms with van der Waals surface area (Å²) in [6.07, 6.45) is 9.18. The highest BCUT2D eigenvalue weighted by Crippen LogP contribution is 2.23. The van der Waals surface area contributed by atoms with Crippen LogP contribution in [0.25, 0.3) is 0 Å². The molecule has 2 aliphatic rings. The maximum Gasteiger partial charge on any atom is 0.147 e. The smallest absolute Gasteiger partial charge is 0.147 e. The van der Waals surface area contributed by atoms with Crippen molar-refractivity contribution in [1.82, 2.24) is 20.2 Å². The van der Waals surface area contributed by atoms with Gasteiger partial charge in [-0.15, -0.1) is 0 Å². The van der Waals surface area contributed by atoms with Crippen molar-refractivity contribution in [3.63, 3.8) is 0 Å². The van der Waals surface area contributed by atoms with Crippen molar-refractivity contribution < 1.29 is 0 Å². The molecule has 0 aliphatic carbocycles. The first-order valence-corrected chi connectivity index (χ1v) is 8.28. The number of hydrogen-bond acceptors (Lipinski definition) is 5. The van der Waals surface area contributed by atoms with E-state index in [9.17, 15) is 0 Å². The predicted molar refractivity (Wildman–Crippen MR) is 85.4 cm³/mol. The van der Waals surface area contributed by atoms with Crippen LogP contribution in [0.1, 0.15) is 31.4 Å².